The van der Waals surface area contributed by atoms with Crippen LogP contribution in [-0.4, -0.2) is 52.4 Å². The van der Waals surface area contributed by atoms with Crippen LogP contribution in [0.15, 0.2) is 30.5 Å². The van der Waals surface area contributed by atoms with Crippen molar-refractivity contribution in [3.05, 3.63) is 36.0 Å². The molecule has 2 rings (SSSR count). The standard InChI is InChI=1S/C26H38N4O5/c1-16(2)12-20(29-22(31)14-26(3,4)5)25(35)30-21(24(34)27-11-10-23(32)33)13-17-15-28-19-9-7-6-8-18(17)19/h6-9,15-16,20-21,28H,10-14H2,1-5H3,(H,27,34)(H,29,31)(H,30,35)(H,32,33)/t20-,21+/m0/s1. The molecule has 9 heteroatoms. The summed E-state index contributed by atoms with van der Waals surface area (Å²) in [6, 6.07) is 5.91. The van der Waals surface area contributed by atoms with E-state index in [1.807, 2.05) is 58.9 Å². The minimum Gasteiger partial charge on any atom is -0.481 e. The van der Waals surface area contributed by atoms with Crippen LogP contribution in [0.4, 0.5) is 0 Å². The van der Waals surface area contributed by atoms with Gasteiger partial charge >= 0.3 is 5.97 Å². The van der Waals surface area contributed by atoms with Crippen molar-refractivity contribution in [2.24, 2.45) is 11.3 Å². The number of carbonyl (C=O) groups excluding carboxylic acids is 3. The molecular formula is C26H38N4O5. The molecule has 3 amide bonds. The Bertz CT molecular complexity index is 1040. The van der Waals surface area contributed by atoms with Crippen LogP contribution in [0.2, 0.25) is 0 Å². The highest BCUT2D eigenvalue weighted by atomic mass is 16.4. The maximum atomic E-state index is 13.3. The number of amides is 3. The van der Waals surface area contributed by atoms with Gasteiger partial charge in [-0.05, 0) is 29.4 Å². The van der Waals surface area contributed by atoms with Crippen molar-refractivity contribution in [2.45, 2.75) is 72.4 Å². The highest BCUT2D eigenvalue weighted by Gasteiger charge is 2.29. The molecule has 0 bridgehead atoms. The lowest BCUT2D eigenvalue weighted by Gasteiger charge is -2.25. The minimum absolute atomic E-state index is 0.0494. The number of aromatic amines is 1. The van der Waals surface area contributed by atoms with E-state index in [0.29, 0.717) is 6.42 Å². The van der Waals surface area contributed by atoms with Crippen LogP contribution >= 0.6 is 0 Å². The van der Waals surface area contributed by atoms with E-state index in [2.05, 4.69) is 20.9 Å². The lowest BCUT2D eigenvalue weighted by molar-refractivity contribution is -0.137. The quantitative estimate of drug-likeness (QED) is 0.314. The molecular weight excluding hydrogens is 448 g/mol. The topological polar surface area (TPSA) is 140 Å². The van der Waals surface area contributed by atoms with E-state index in [1.165, 1.54) is 0 Å². The predicted molar refractivity (Wildman–Crippen MR) is 135 cm³/mol. The maximum absolute atomic E-state index is 13.3. The molecule has 0 saturated heterocycles. The molecule has 0 aliphatic rings. The SMILES string of the molecule is CC(C)C[C@H](NC(=O)CC(C)(C)C)C(=O)N[C@H](Cc1c[nH]c2ccccc12)C(=O)NCCC(=O)O. The number of hydrogen-bond acceptors (Lipinski definition) is 4. The number of fused-ring (bicyclic) bond motifs is 1. The van der Waals surface area contributed by atoms with E-state index >= 15 is 0 Å². The number of hydrogen-bond donors (Lipinski definition) is 5. The molecule has 1 aromatic carbocycles. The van der Waals surface area contributed by atoms with Crippen LogP contribution < -0.4 is 16.0 Å². The number of carboxylic acid groups (broad SMARTS) is 1. The summed E-state index contributed by atoms with van der Waals surface area (Å²) in [5, 5.41) is 18.1. The van der Waals surface area contributed by atoms with Gasteiger partial charge in [0.1, 0.15) is 12.1 Å². The third-order valence-electron chi connectivity index (χ3n) is 5.42. The van der Waals surface area contributed by atoms with Gasteiger partial charge in [-0.1, -0.05) is 52.8 Å². The van der Waals surface area contributed by atoms with Crippen LogP contribution in [0.5, 0.6) is 0 Å². The molecule has 1 heterocycles. The first-order chi connectivity index (χ1) is 16.4. The van der Waals surface area contributed by atoms with Crippen molar-refractivity contribution in [3.8, 4) is 0 Å². The zero-order valence-electron chi connectivity index (χ0n) is 21.2. The van der Waals surface area contributed by atoms with Gasteiger partial charge in [-0.25, -0.2) is 0 Å². The van der Waals surface area contributed by atoms with Crippen LogP contribution in [0.1, 0.15) is 59.4 Å². The third-order valence-corrected chi connectivity index (χ3v) is 5.42. The number of aromatic nitrogens is 1. The molecule has 2 atom stereocenters. The second-order valence-corrected chi connectivity index (χ2v) is 10.5. The van der Waals surface area contributed by atoms with Crippen LogP contribution in [0.3, 0.4) is 0 Å². The second kappa shape index (κ2) is 12.4. The highest BCUT2D eigenvalue weighted by molar-refractivity contribution is 5.93. The average molecular weight is 487 g/mol. The summed E-state index contributed by atoms with van der Waals surface area (Å²) in [7, 11) is 0. The van der Waals surface area contributed by atoms with Gasteiger partial charge in [0.2, 0.25) is 17.7 Å². The summed E-state index contributed by atoms with van der Waals surface area (Å²) in [6.07, 6.45) is 2.47. The summed E-state index contributed by atoms with van der Waals surface area (Å²) >= 11 is 0. The number of rotatable bonds is 12. The summed E-state index contributed by atoms with van der Waals surface area (Å²) < 4.78 is 0. The van der Waals surface area contributed by atoms with Crippen molar-refractivity contribution >= 4 is 34.6 Å². The molecule has 0 aliphatic heterocycles. The monoisotopic (exact) mass is 486 g/mol. The molecule has 1 aromatic heterocycles. The third kappa shape index (κ3) is 9.42. The molecule has 0 unspecified atom stereocenters. The molecule has 0 saturated carbocycles. The Morgan fingerprint density at radius 1 is 1.00 bits per heavy atom. The first-order valence-corrected chi connectivity index (χ1v) is 12.0. The number of para-hydroxylation sites is 1. The van der Waals surface area contributed by atoms with Crippen molar-refractivity contribution in [3.63, 3.8) is 0 Å². The van der Waals surface area contributed by atoms with Gasteiger partial charge in [-0.2, -0.15) is 0 Å². The minimum atomic E-state index is -1.03. The normalized spacial score (nSPS) is 13.3. The highest BCUT2D eigenvalue weighted by Crippen LogP contribution is 2.20. The Hall–Kier alpha value is -3.36. The Balaban J connectivity index is 2.22. The fraction of sp³-hybridized carbons (Fsp3) is 0.538. The van der Waals surface area contributed by atoms with Gasteiger partial charge in [0.15, 0.2) is 0 Å². The molecule has 192 valence electrons. The molecule has 0 fully saturated rings. The Morgan fingerprint density at radius 3 is 2.31 bits per heavy atom. The van der Waals surface area contributed by atoms with Crippen molar-refractivity contribution in [2.75, 3.05) is 6.54 Å². The number of H-pyrrole nitrogens is 1. The maximum Gasteiger partial charge on any atom is 0.305 e. The largest absolute Gasteiger partial charge is 0.481 e. The molecule has 2 aromatic rings. The Kier molecular flexibility index (Phi) is 9.86. The van der Waals surface area contributed by atoms with E-state index in [-0.39, 0.29) is 43.0 Å². The average Bonchev–Trinajstić information content (AvgIpc) is 3.13. The van der Waals surface area contributed by atoms with Gasteiger partial charge < -0.3 is 26.0 Å². The second-order valence-electron chi connectivity index (χ2n) is 10.5. The smallest absolute Gasteiger partial charge is 0.305 e. The van der Waals surface area contributed by atoms with Crippen LogP contribution in [-0.2, 0) is 25.6 Å². The van der Waals surface area contributed by atoms with Gasteiger partial charge in [0, 0.05) is 36.5 Å². The first-order valence-electron chi connectivity index (χ1n) is 12.0. The number of carboxylic acids is 1. The molecule has 35 heavy (non-hydrogen) atoms. The number of nitrogens with one attached hydrogen (secondary N) is 4. The Labute approximate surface area is 206 Å². The van der Waals surface area contributed by atoms with Gasteiger partial charge in [0.05, 0.1) is 6.42 Å². The zero-order valence-corrected chi connectivity index (χ0v) is 21.2. The summed E-state index contributed by atoms with van der Waals surface area (Å²) in [5.74, 6) is -2.04. The molecule has 0 aliphatic carbocycles. The van der Waals surface area contributed by atoms with Gasteiger partial charge in [-0.15, -0.1) is 0 Å². The van der Waals surface area contributed by atoms with E-state index in [9.17, 15) is 19.2 Å². The summed E-state index contributed by atoms with van der Waals surface area (Å²) in [5.41, 5.74) is 1.52. The Morgan fingerprint density at radius 2 is 1.69 bits per heavy atom. The summed E-state index contributed by atoms with van der Waals surface area (Å²) in [6.45, 7) is 9.71. The predicted octanol–water partition coefficient (Wildman–Crippen LogP) is 2.75. The van der Waals surface area contributed by atoms with E-state index < -0.39 is 29.9 Å². The van der Waals surface area contributed by atoms with Gasteiger partial charge in [-0.3, -0.25) is 19.2 Å². The molecule has 0 radical (unpaired) electrons. The summed E-state index contributed by atoms with van der Waals surface area (Å²) in [4.78, 5) is 52.8. The van der Waals surface area contributed by atoms with Crippen molar-refractivity contribution in [1.82, 2.24) is 20.9 Å². The van der Waals surface area contributed by atoms with E-state index in [4.69, 9.17) is 5.11 Å². The lowest BCUT2D eigenvalue weighted by atomic mass is 9.91. The molecule has 9 nitrogen and oxygen atoms in total. The van der Waals surface area contributed by atoms with Crippen molar-refractivity contribution in [1.29, 1.82) is 0 Å². The fourth-order valence-electron chi connectivity index (χ4n) is 3.85. The number of benzene rings is 1. The van der Waals surface area contributed by atoms with Crippen LogP contribution in [0.25, 0.3) is 10.9 Å². The molecule has 5 N–H and O–H groups in total. The fourth-order valence-corrected chi connectivity index (χ4v) is 3.85. The van der Waals surface area contributed by atoms with Gasteiger partial charge in [0.25, 0.3) is 0 Å². The van der Waals surface area contributed by atoms with E-state index in [1.54, 1.807) is 6.20 Å². The lowest BCUT2D eigenvalue weighted by Crippen LogP contribution is -2.55. The van der Waals surface area contributed by atoms with E-state index in [0.717, 1.165) is 16.5 Å². The number of carbonyl (C=O) groups is 4. The van der Waals surface area contributed by atoms with Crippen molar-refractivity contribution < 1.29 is 24.3 Å². The zero-order chi connectivity index (χ0) is 26.2. The first kappa shape index (κ1) is 27.9. The van der Waals surface area contributed by atoms with Crippen LogP contribution in [0, 0.1) is 11.3 Å². The molecule has 0 spiro atoms. The number of aliphatic carboxylic acids is 1.